The third-order valence-corrected chi connectivity index (χ3v) is 3.06. The SMILES string of the molecule is Cc1ccc(Oc2cc(C)cc(Cl)c2O)c(Cl)c1. The van der Waals surface area contributed by atoms with Gasteiger partial charge in [0.15, 0.2) is 11.5 Å². The normalized spacial score (nSPS) is 10.4. The summed E-state index contributed by atoms with van der Waals surface area (Å²) in [4.78, 5) is 0. The summed E-state index contributed by atoms with van der Waals surface area (Å²) in [5.41, 5.74) is 1.94. The number of halogens is 2. The number of rotatable bonds is 2. The van der Waals surface area contributed by atoms with Gasteiger partial charge in [0.1, 0.15) is 5.75 Å². The maximum Gasteiger partial charge on any atom is 0.177 e. The van der Waals surface area contributed by atoms with Crippen LogP contribution in [0.15, 0.2) is 30.3 Å². The molecule has 2 aromatic carbocycles. The molecule has 0 aromatic heterocycles. The van der Waals surface area contributed by atoms with Crippen molar-refractivity contribution in [2.45, 2.75) is 13.8 Å². The monoisotopic (exact) mass is 282 g/mol. The van der Waals surface area contributed by atoms with Crippen LogP contribution in [0.5, 0.6) is 17.2 Å². The molecule has 0 fully saturated rings. The van der Waals surface area contributed by atoms with E-state index in [4.69, 9.17) is 27.9 Å². The van der Waals surface area contributed by atoms with Gasteiger partial charge in [-0.25, -0.2) is 0 Å². The van der Waals surface area contributed by atoms with E-state index < -0.39 is 0 Å². The summed E-state index contributed by atoms with van der Waals surface area (Å²) < 4.78 is 5.59. The summed E-state index contributed by atoms with van der Waals surface area (Å²) in [6, 6.07) is 8.81. The highest BCUT2D eigenvalue weighted by molar-refractivity contribution is 6.32. The first-order chi connectivity index (χ1) is 8.47. The molecule has 0 aliphatic heterocycles. The van der Waals surface area contributed by atoms with E-state index in [9.17, 15) is 5.11 Å². The maximum atomic E-state index is 9.83. The zero-order chi connectivity index (χ0) is 13.3. The number of ether oxygens (including phenoxy) is 1. The third kappa shape index (κ3) is 2.71. The van der Waals surface area contributed by atoms with Gasteiger partial charge in [0.25, 0.3) is 0 Å². The van der Waals surface area contributed by atoms with Crippen molar-refractivity contribution >= 4 is 23.2 Å². The standard InChI is InChI=1S/C14H12Cl2O2/c1-8-3-4-12(10(15)5-8)18-13-7-9(2)6-11(16)14(13)17/h3-7,17H,1-2H3. The molecule has 2 rings (SSSR count). The molecule has 0 aliphatic rings. The lowest BCUT2D eigenvalue weighted by molar-refractivity contribution is 0.411. The summed E-state index contributed by atoms with van der Waals surface area (Å²) in [6.45, 7) is 3.81. The van der Waals surface area contributed by atoms with Crippen molar-refractivity contribution in [2.75, 3.05) is 0 Å². The Morgan fingerprint density at radius 3 is 2.22 bits per heavy atom. The Hall–Kier alpha value is -1.38. The van der Waals surface area contributed by atoms with Crippen LogP contribution >= 0.6 is 23.2 Å². The second kappa shape index (κ2) is 5.09. The van der Waals surface area contributed by atoms with Gasteiger partial charge in [-0.2, -0.15) is 0 Å². The van der Waals surface area contributed by atoms with E-state index in [0.29, 0.717) is 16.5 Å². The van der Waals surface area contributed by atoms with Crippen LogP contribution in [0, 0.1) is 13.8 Å². The number of aryl methyl sites for hydroxylation is 2. The Balaban J connectivity index is 2.40. The zero-order valence-corrected chi connectivity index (χ0v) is 11.5. The molecule has 0 aliphatic carbocycles. The van der Waals surface area contributed by atoms with Gasteiger partial charge >= 0.3 is 0 Å². The lowest BCUT2D eigenvalue weighted by Gasteiger charge is -2.11. The second-order valence-corrected chi connectivity index (χ2v) is 4.94. The zero-order valence-electron chi connectivity index (χ0n) is 10.00. The summed E-state index contributed by atoms with van der Waals surface area (Å²) in [6.07, 6.45) is 0. The number of aromatic hydroxyl groups is 1. The smallest absolute Gasteiger partial charge is 0.177 e. The highest BCUT2D eigenvalue weighted by Crippen LogP contribution is 2.39. The minimum absolute atomic E-state index is 0.0843. The van der Waals surface area contributed by atoms with E-state index in [0.717, 1.165) is 11.1 Å². The fourth-order valence-electron chi connectivity index (χ4n) is 1.59. The van der Waals surface area contributed by atoms with Gasteiger partial charge in [0.05, 0.1) is 10.0 Å². The van der Waals surface area contributed by atoms with Crippen molar-refractivity contribution in [3.63, 3.8) is 0 Å². The predicted molar refractivity (Wildman–Crippen MR) is 74.1 cm³/mol. The quantitative estimate of drug-likeness (QED) is 0.830. The first-order valence-corrected chi connectivity index (χ1v) is 6.16. The molecule has 18 heavy (non-hydrogen) atoms. The number of hydrogen-bond acceptors (Lipinski definition) is 2. The first-order valence-electron chi connectivity index (χ1n) is 5.40. The largest absolute Gasteiger partial charge is 0.503 e. The molecule has 0 amide bonds. The van der Waals surface area contributed by atoms with E-state index in [2.05, 4.69) is 0 Å². The van der Waals surface area contributed by atoms with Crippen LogP contribution in [-0.4, -0.2) is 5.11 Å². The van der Waals surface area contributed by atoms with Gasteiger partial charge in [-0.05, 0) is 49.2 Å². The highest BCUT2D eigenvalue weighted by Gasteiger charge is 2.11. The highest BCUT2D eigenvalue weighted by atomic mass is 35.5. The van der Waals surface area contributed by atoms with Crippen molar-refractivity contribution in [2.24, 2.45) is 0 Å². The summed E-state index contributed by atoms with van der Waals surface area (Å²) in [7, 11) is 0. The van der Waals surface area contributed by atoms with Crippen LogP contribution in [-0.2, 0) is 0 Å². The number of benzene rings is 2. The summed E-state index contributed by atoms with van der Waals surface area (Å²) in [5.74, 6) is 0.698. The molecule has 0 bridgehead atoms. The Labute approximate surface area is 116 Å². The molecule has 0 saturated carbocycles. The van der Waals surface area contributed by atoms with Crippen molar-refractivity contribution < 1.29 is 9.84 Å². The van der Waals surface area contributed by atoms with Crippen molar-refractivity contribution in [1.29, 1.82) is 0 Å². The van der Waals surface area contributed by atoms with Crippen LogP contribution in [0.4, 0.5) is 0 Å². The van der Waals surface area contributed by atoms with E-state index in [1.807, 2.05) is 19.9 Å². The van der Waals surface area contributed by atoms with Crippen molar-refractivity contribution in [3.8, 4) is 17.2 Å². The number of phenols is 1. The van der Waals surface area contributed by atoms with Crippen molar-refractivity contribution in [1.82, 2.24) is 0 Å². The lowest BCUT2D eigenvalue weighted by atomic mass is 10.2. The molecule has 0 saturated heterocycles. The lowest BCUT2D eigenvalue weighted by Crippen LogP contribution is -1.88. The molecule has 0 spiro atoms. The van der Waals surface area contributed by atoms with Gasteiger partial charge in [-0.15, -0.1) is 0 Å². The van der Waals surface area contributed by atoms with Gasteiger partial charge < -0.3 is 9.84 Å². The van der Waals surface area contributed by atoms with Crippen LogP contribution in [0.3, 0.4) is 0 Å². The number of phenolic OH excluding ortho intramolecular Hbond substituents is 1. The molecule has 4 heteroatoms. The molecule has 0 radical (unpaired) electrons. The van der Waals surface area contributed by atoms with Gasteiger partial charge in [-0.3, -0.25) is 0 Å². The maximum absolute atomic E-state index is 9.83. The van der Waals surface area contributed by atoms with Crippen LogP contribution in [0.2, 0.25) is 10.0 Å². The predicted octanol–water partition coefficient (Wildman–Crippen LogP) is 5.11. The second-order valence-electron chi connectivity index (χ2n) is 4.13. The third-order valence-electron chi connectivity index (χ3n) is 2.48. The Morgan fingerprint density at radius 1 is 0.889 bits per heavy atom. The molecule has 2 aromatic rings. The van der Waals surface area contributed by atoms with Crippen LogP contribution in [0.1, 0.15) is 11.1 Å². The van der Waals surface area contributed by atoms with Crippen LogP contribution < -0.4 is 4.74 Å². The molecular weight excluding hydrogens is 271 g/mol. The van der Waals surface area contributed by atoms with E-state index >= 15 is 0 Å². The molecule has 0 atom stereocenters. The minimum atomic E-state index is -0.0843. The topological polar surface area (TPSA) is 29.5 Å². The Morgan fingerprint density at radius 2 is 1.56 bits per heavy atom. The van der Waals surface area contributed by atoms with E-state index in [-0.39, 0.29) is 10.8 Å². The average molecular weight is 283 g/mol. The van der Waals surface area contributed by atoms with E-state index in [1.54, 1.807) is 24.3 Å². The molecule has 1 N–H and O–H groups in total. The molecular formula is C14H12Cl2O2. The van der Waals surface area contributed by atoms with Gasteiger partial charge in [-0.1, -0.05) is 29.3 Å². The number of hydrogen-bond donors (Lipinski definition) is 1. The molecule has 94 valence electrons. The average Bonchev–Trinajstić information content (AvgIpc) is 2.29. The summed E-state index contributed by atoms with van der Waals surface area (Å²) in [5, 5.41) is 10.6. The van der Waals surface area contributed by atoms with Gasteiger partial charge in [0.2, 0.25) is 0 Å². The molecule has 0 heterocycles. The molecule has 0 unspecified atom stereocenters. The molecule has 2 nitrogen and oxygen atoms in total. The first kappa shape index (κ1) is 13.1. The summed E-state index contributed by atoms with van der Waals surface area (Å²) >= 11 is 12.0. The van der Waals surface area contributed by atoms with Crippen LogP contribution in [0.25, 0.3) is 0 Å². The minimum Gasteiger partial charge on any atom is -0.503 e. The fourth-order valence-corrected chi connectivity index (χ4v) is 2.13. The Kier molecular flexibility index (Phi) is 3.69. The Bertz CT molecular complexity index is 595. The van der Waals surface area contributed by atoms with E-state index in [1.165, 1.54) is 0 Å². The van der Waals surface area contributed by atoms with Gasteiger partial charge in [0, 0.05) is 0 Å². The fraction of sp³-hybridized carbons (Fsp3) is 0.143. The van der Waals surface area contributed by atoms with Crippen molar-refractivity contribution in [3.05, 3.63) is 51.5 Å².